The largest absolute Gasteiger partial charge is 0.300 e. The molecule has 3 rings (SSSR count). The number of likely N-dealkylation sites (N-methyl/N-ethyl adjacent to an activating group) is 1. The lowest BCUT2D eigenvalue weighted by Gasteiger charge is -2.21. The van der Waals surface area contributed by atoms with Gasteiger partial charge in [-0.05, 0) is 44.0 Å². The smallest absolute Gasteiger partial charge is 0.0270 e. The molecule has 2 heteroatoms. The maximum atomic E-state index is 4.08. The van der Waals surface area contributed by atoms with Crippen LogP contribution in [0, 0.1) is 0 Å². The predicted molar refractivity (Wildman–Crippen MR) is 56.2 cm³/mol. The Balaban J connectivity index is 1.89. The summed E-state index contributed by atoms with van der Waals surface area (Å²) in [6.45, 7) is 0. The lowest BCUT2D eigenvalue weighted by atomic mass is 9.84. The fourth-order valence-corrected chi connectivity index (χ4v) is 3.23. The molecule has 0 aliphatic carbocycles. The van der Waals surface area contributed by atoms with Gasteiger partial charge in [0.05, 0.1) is 0 Å². The van der Waals surface area contributed by atoms with Gasteiger partial charge in [-0.15, -0.1) is 0 Å². The van der Waals surface area contributed by atoms with Crippen molar-refractivity contribution in [3.05, 3.63) is 30.1 Å². The molecule has 0 saturated carbocycles. The summed E-state index contributed by atoms with van der Waals surface area (Å²) in [5, 5.41) is 0. The first kappa shape index (κ1) is 8.42. The molecule has 2 nitrogen and oxygen atoms in total. The van der Waals surface area contributed by atoms with Gasteiger partial charge in [0, 0.05) is 30.4 Å². The van der Waals surface area contributed by atoms with Crippen LogP contribution in [0.1, 0.15) is 30.7 Å². The van der Waals surface area contributed by atoms with Crippen LogP contribution in [0.2, 0.25) is 0 Å². The SMILES string of the molecule is CN1C2CCC1C(c1ccncc1)C2. The Bertz CT molecular complexity index is 322. The Labute approximate surface area is 85.0 Å². The Morgan fingerprint density at radius 1 is 1.29 bits per heavy atom. The Kier molecular flexibility index (Phi) is 1.84. The molecular weight excluding hydrogens is 172 g/mol. The van der Waals surface area contributed by atoms with Crippen LogP contribution in [-0.2, 0) is 0 Å². The van der Waals surface area contributed by atoms with Crippen LogP contribution >= 0.6 is 0 Å². The summed E-state index contributed by atoms with van der Waals surface area (Å²) >= 11 is 0. The molecule has 0 spiro atoms. The van der Waals surface area contributed by atoms with Crippen molar-refractivity contribution in [2.24, 2.45) is 0 Å². The summed E-state index contributed by atoms with van der Waals surface area (Å²) < 4.78 is 0. The van der Waals surface area contributed by atoms with E-state index in [1.807, 2.05) is 12.4 Å². The third-order valence-electron chi connectivity index (χ3n) is 4.02. The van der Waals surface area contributed by atoms with Crippen molar-refractivity contribution in [1.82, 2.24) is 9.88 Å². The second kappa shape index (κ2) is 3.06. The van der Waals surface area contributed by atoms with E-state index in [0.717, 1.165) is 18.0 Å². The normalized spacial score (nSPS) is 36.5. The second-order valence-electron chi connectivity index (χ2n) is 4.59. The molecular formula is C12H16N2. The van der Waals surface area contributed by atoms with Crippen LogP contribution < -0.4 is 0 Å². The summed E-state index contributed by atoms with van der Waals surface area (Å²) in [5.41, 5.74) is 1.49. The Hall–Kier alpha value is -0.890. The summed E-state index contributed by atoms with van der Waals surface area (Å²) in [5.74, 6) is 0.766. The van der Waals surface area contributed by atoms with Crippen molar-refractivity contribution >= 4 is 0 Å². The van der Waals surface area contributed by atoms with Gasteiger partial charge in [-0.3, -0.25) is 9.88 Å². The van der Waals surface area contributed by atoms with Crippen molar-refractivity contribution in [3.8, 4) is 0 Å². The van der Waals surface area contributed by atoms with Crippen molar-refractivity contribution in [2.75, 3.05) is 7.05 Å². The lowest BCUT2D eigenvalue weighted by Crippen LogP contribution is -2.25. The molecule has 2 saturated heterocycles. The monoisotopic (exact) mass is 188 g/mol. The first-order valence-corrected chi connectivity index (χ1v) is 5.48. The molecule has 2 aliphatic rings. The van der Waals surface area contributed by atoms with Crippen LogP contribution in [0.5, 0.6) is 0 Å². The molecule has 14 heavy (non-hydrogen) atoms. The van der Waals surface area contributed by atoms with Crippen LogP contribution in [0.4, 0.5) is 0 Å². The molecule has 0 radical (unpaired) electrons. The van der Waals surface area contributed by atoms with Gasteiger partial charge >= 0.3 is 0 Å². The van der Waals surface area contributed by atoms with E-state index in [-0.39, 0.29) is 0 Å². The summed E-state index contributed by atoms with van der Waals surface area (Å²) in [7, 11) is 2.28. The van der Waals surface area contributed by atoms with E-state index < -0.39 is 0 Å². The highest BCUT2D eigenvalue weighted by atomic mass is 15.2. The first-order valence-electron chi connectivity index (χ1n) is 5.48. The highest BCUT2D eigenvalue weighted by Gasteiger charge is 2.44. The molecule has 3 atom stereocenters. The second-order valence-corrected chi connectivity index (χ2v) is 4.59. The molecule has 2 fully saturated rings. The standard InChI is InChI=1S/C12H16N2/c1-14-10-2-3-12(14)11(8-10)9-4-6-13-7-5-9/h4-7,10-12H,2-3,8H2,1H3. The van der Waals surface area contributed by atoms with Crippen LogP contribution in [0.15, 0.2) is 24.5 Å². The van der Waals surface area contributed by atoms with E-state index in [2.05, 4.69) is 29.1 Å². The quantitative estimate of drug-likeness (QED) is 0.670. The molecule has 0 N–H and O–H groups in total. The molecule has 1 aromatic heterocycles. The molecule has 1 aromatic rings. The number of hydrogen-bond acceptors (Lipinski definition) is 2. The van der Waals surface area contributed by atoms with Crippen LogP contribution in [0.25, 0.3) is 0 Å². The van der Waals surface area contributed by atoms with Crippen LogP contribution in [0.3, 0.4) is 0 Å². The average molecular weight is 188 g/mol. The number of nitrogens with zero attached hydrogens (tertiary/aromatic N) is 2. The summed E-state index contributed by atoms with van der Waals surface area (Å²) in [6, 6.07) is 6.00. The van der Waals surface area contributed by atoms with Gasteiger partial charge in [-0.1, -0.05) is 0 Å². The van der Waals surface area contributed by atoms with Crippen molar-refractivity contribution in [2.45, 2.75) is 37.3 Å². The van der Waals surface area contributed by atoms with Gasteiger partial charge in [-0.2, -0.15) is 0 Å². The maximum absolute atomic E-state index is 4.08. The minimum Gasteiger partial charge on any atom is -0.300 e. The zero-order chi connectivity index (χ0) is 9.54. The third-order valence-corrected chi connectivity index (χ3v) is 4.02. The number of rotatable bonds is 1. The summed E-state index contributed by atoms with van der Waals surface area (Å²) in [4.78, 5) is 6.66. The minimum atomic E-state index is 0.766. The molecule has 74 valence electrons. The molecule has 2 aliphatic heterocycles. The van der Waals surface area contributed by atoms with Gasteiger partial charge in [0.15, 0.2) is 0 Å². The van der Waals surface area contributed by atoms with Crippen molar-refractivity contribution in [1.29, 1.82) is 0 Å². The molecule has 0 amide bonds. The van der Waals surface area contributed by atoms with Crippen molar-refractivity contribution < 1.29 is 0 Å². The van der Waals surface area contributed by atoms with E-state index in [9.17, 15) is 0 Å². The minimum absolute atomic E-state index is 0.766. The molecule has 3 heterocycles. The van der Waals surface area contributed by atoms with E-state index in [4.69, 9.17) is 0 Å². The average Bonchev–Trinajstić information content (AvgIpc) is 2.76. The zero-order valence-corrected chi connectivity index (χ0v) is 8.56. The molecule has 0 aromatic carbocycles. The summed E-state index contributed by atoms with van der Waals surface area (Å²) in [6.07, 6.45) is 7.98. The van der Waals surface area contributed by atoms with Crippen LogP contribution in [-0.4, -0.2) is 29.0 Å². The van der Waals surface area contributed by atoms with E-state index >= 15 is 0 Å². The maximum Gasteiger partial charge on any atom is 0.0270 e. The zero-order valence-electron chi connectivity index (χ0n) is 8.56. The van der Waals surface area contributed by atoms with Gasteiger partial charge in [0.25, 0.3) is 0 Å². The Morgan fingerprint density at radius 2 is 2.07 bits per heavy atom. The van der Waals surface area contributed by atoms with Gasteiger partial charge < -0.3 is 0 Å². The number of aromatic nitrogens is 1. The third kappa shape index (κ3) is 1.10. The van der Waals surface area contributed by atoms with Gasteiger partial charge in [0.1, 0.15) is 0 Å². The number of hydrogen-bond donors (Lipinski definition) is 0. The molecule has 2 bridgehead atoms. The van der Waals surface area contributed by atoms with Gasteiger partial charge in [0.2, 0.25) is 0 Å². The predicted octanol–water partition coefficient (Wildman–Crippen LogP) is 2.03. The lowest BCUT2D eigenvalue weighted by molar-refractivity contribution is 0.307. The van der Waals surface area contributed by atoms with Crippen molar-refractivity contribution in [3.63, 3.8) is 0 Å². The number of pyridine rings is 1. The Morgan fingerprint density at radius 3 is 2.64 bits per heavy atom. The highest BCUT2D eigenvalue weighted by Crippen LogP contribution is 2.45. The van der Waals surface area contributed by atoms with E-state index in [0.29, 0.717) is 0 Å². The fourth-order valence-electron chi connectivity index (χ4n) is 3.23. The fraction of sp³-hybridized carbons (Fsp3) is 0.583. The van der Waals surface area contributed by atoms with Gasteiger partial charge in [-0.25, -0.2) is 0 Å². The molecule has 3 unspecified atom stereocenters. The highest BCUT2D eigenvalue weighted by molar-refractivity contribution is 5.22. The number of fused-ring (bicyclic) bond motifs is 2. The van der Waals surface area contributed by atoms with E-state index in [1.165, 1.54) is 24.8 Å². The van der Waals surface area contributed by atoms with E-state index in [1.54, 1.807) is 0 Å². The first-order chi connectivity index (χ1) is 6.86. The topological polar surface area (TPSA) is 16.1 Å².